The second-order valence-corrected chi connectivity index (χ2v) is 6.90. The first kappa shape index (κ1) is 19.9. The molecule has 148 valence electrons. The number of esters is 1. The summed E-state index contributed by atoms with van der Waals surface area (Å²) in [5, 5.41) is 2.68. The molecule has 0 saturated carbocycles. The molecule has 2 aromatic rings. The van der Waals surface area contributed by atoms with Crippen molar-refractivity contribution in [3.8, 4) is 5.75 Å². The van der Waals surface area contributed by atoms with Crippen molar-refractivity contribution in [2.45, 2.75) is 39.4 Å². The van der Waals surface area contributed by atoms with Gasteiger partial charge < -0.3 is 14.8 Å². The zero-order chi connectivity index (χ0) is 19.9. The summed E-state index contributed by atoms with van der Waals surface area (Å²) >= 11 is 0. The second kappa shape index (κ2) is 9.37. The van der Waals surface area contributed by atoms with Crippen LogP contribution >= 0.6 is 0 Å². The van der Waals surface area contributed by atoms with Gasteiger partial charge >= 0.3 is 5.97 Å². The van der Waals surface area contributed by atoms with E-state index in [1.54, 1.807) is 6.92 Å². The smallest absolute Gasteiger partial charge is 0.328 e. The highest BCUT2D eigenvalue weighted by Gasteiger charge is 2.23. The standard InChI is InChI=1S/C22H26N2O4/c1-3-27-22(26)20(23-16(2)25)12-18-9-10-21-19(11-18)14-24(15-28-21)13-17-7-5-4-6-8-17/h4-11,20H,3,12-15H2,1-2H3,(H,23,25)/t20-/m1/s1. The minimum absolute atomic E-state index is 0.256. The van der Waals surface area contributed by atoms with Crippen molar-refractivity contribution in [1.29, 1.82) is 0 Å². The molecule has 1 aliphatic heterocycles. The minimum Gasteiger partial charge on any atom is -0.478 e. The molecule has 6 heteroatoms. The van der Waals surface area contributed by atoms with Gasteiger partial charge in [-0.15, -0.1) is 0 Å². The Balaban J connectivity index is 1.70. The topological polar surface area (TPSA) is 67.9 Å². The lowest BCUT2D eigenvalue weighted by Gasteiger charge is -2.29. The van der Waals surface area contributed by atoms with Crippen LogP contribution in [0.25, 0.3) is 0 Å². The number of hydrogen-bond donors (Lipinski definition) is 1. The first-order valence-electron chi connectivity index (χ1n) is 9.49. The van der Waals surface area contributed by atoms with Crippen molar-refractivity contribution in [3.63, 3.8) is 0 Å². The molecule has 0 spiro atoms. The van der Waals surface area contributed by atoms with Crippen LogP contribution in [0.15, 0.2) is 48.5 Å². The Morgan fingerprint density at radius 2 is 1.96 bits per heavy atom. The molecule has 0 unspecified atom stereocenters. The highest BCUT2D eigenvalue weighted by Crippen LogP contribution is 2.27. The van der Waals surface area contributed by atoms with Crippen LogP contribution in [0.1, 0.15) is 30.5 Å². The van der Waals surface area contributed by atoms with E-state index in [1.165, 1.54) is 12.5 Å². The molecule has 1 heterocycles. The Morgan fingerprint density at radius 3 is 2.68 bits per heavy atom. The number of fused-ring (bicyclic) bond motifs is 1. The van der Waals surface area contributed by atoms with Gasteiger partial charge in [0.15, 0.2) is 0 Å². The maximum absolute atomic E-state index is 12.2. The van der Waals surface area contributed by atoms with Crippen molar-refractivity contribution >= 4 is 11.9 Å². The maximum atomic E-state index is 12.2. The van der Waals surface area contributed by atoms with Crippen molar-refractivity contribution in [1.82, 2.24) is 10.2 Å². The molecule has 0 saturated heterocycles. The van der Waals surface area contributed by atoms with Crippen LogP contribution in [0, 0.1) is 0 Å². The van der Waals surface area contributed by atoms with E-state index in [1.807, 2.05) is 36.4 Å². The van der Waals surface area contributed by atoms with Gasteiger partial charge in [0.1, 0.15) is 18.5 Å². The SMILES string of the molecule is CCOC(=O)[C@@H](Cc1ccc2c(c1)CN(Cc1ccccc1)CO2)NC(C)=O. The van der Waals surface area contributed by atoms with Gasteiger partial charge in [-0.1, -0.05) is 42.5 Å². The quantitative estimate of drug-likeness (QED) is 0.746. The molecule has 6 nitrogen and oxygen atoms in total. The van der Waals surface area contributed by atoms with E-state index in [0.29, 0.717) is 13.2 Å². The van der Waals surface area contributed by atoms with Crippen LogP contribution < -0.4 is 10.1 Å². The van der Waals surface area contributed by atoms with Crippen LogP contribution in [0.4, 0.5) is 0 Å². The normalized spacial score (nSPS) is 14.5. The minimum atomic E-state index is -0.694. The molecule has 1 aliphatic rings. The number of carbonyl (C=O) groups excluding carboxylic acids is 2. The Labute approximate surface area is 165 Å². The lowest BCUT2D eigenvalue weighted by Crippen LogP contribution is -2.42. The number of amides is 1. The van der Waals surface area contributed by atoms with Gasteiger partial charge in [0.2, 0.25) is 5.91 Å². The van der Waals surface area contributed by atoms with Gasteiger partial charge in [0.05, 0.1) is 6.61 Å². The van der Waals surface area contributed by atoms with E-state index < -0.39 is 12.0 Å². The summed E-state index contributed by atoms with van der Waals surface area (Å²) in [5.74, 6) is 0.186. The molecule has 0 bridgehead atoms. The van der Waals surface area contributed by atoms with Crippen molar-refractivity contribution in [2.75, 3.05) is 13.3 Å². The zero-order valence-electron chi connectivity index (χ0n) is 16.3. The number of nitrogens with zero attached hydrogens (tertiary/aromatic N) is 1. The first-order valence-corrected chi connectivity index (χ1v) is 9.49. The molecule has 28 heavy (non-hydrogen) atoms. The third kappa shape index (κ3) is 5.33. The molecule has 1 N–H and O–H groups in total. The predicted octanol–water partition coefficient (Wildman–Crippen LogP) is 2.65. The Kier molecular flexibility index (Phi) is 6.66. The summed E-state index contributed by atoms with van der Waals surface area (Å²) in [6.07, 6.45) is 0.379. The highest BCUT2D eigenvalue weighted by molar-refractivity contribution is 5.83. The average Bonchev–Trinajstić information content (AvgIpc) is 2.68. The van der Waals surface area contributed by atoms with E-state index in [0.717, 1.165) is 30.0 Å². The number of benzene rings is 2. The Morgan fingerprint density at radius 1 is 1.18 bits per heavy atom. The van der Waals surface area contributed by atoms with E-state index in [-0.39, 0.29) is 12.5 Å². The number of carbonyl (C=O) groups is 2. The fourth-order valence-electron chi connectivity index (χ4n) is 3.33. The summed E-state index contributed by atoms with van der Waals surface area (Å²) in [6.45, 7) is 5.54. The van der Waals surface area contributed by atoms with Crippen molar-refractivity contribution in [2.24, 2.45) is 0 Å². The van der Waals surface area contributed by atoms with Gasteiger partial charge in [-0.2, -0.15) is 0 Å². The molecule has 1 amide bonds. The van der Waals surface area contributed by atoms with Crippen LogP contribution in [0.3, 0.4) is 0 Å². The maximum Gasteiger partial charge on any atom is 0.328 e. The highest BCUT2D eigenvalue weighted by atomic mass is 16.5. The molecular weight excluding hydrogens is 356 g/mol. The van der Waals surface area contributed by atoms with Crippen molar-refractivity contribution < 1.29 is 19.1 Å². The Hall–Kier alpha value is -2.86. The zero-order valence-corrected chi connectivity index (χ0v) is 16.3. The van der Waals surface area contributed by atoms with Crippen LogP contribution in [0.5, 0.6) is 5.75 Å². The molecular formula is C22H26N2O4. The summed E-state index contributed by atoms with van der Waals surface area (Å²) in [6, 6.07) is 15.5. The van der Waals surface area contributed by atoms with Gasteiger partial charge in [-0.05, 0) is 24.1 Å². The summed E-state index contributed by atoms with van der Waals surface area (Å²) < 4.78 is 11.0. The molecule has 1 atom stereocenters. The lowest BCUT2D eigenvalue weighted by molar-refractivity contribution is -0.147. The van der Waals surface area contributed by atoms with Gasteiger partial charge in [-0.25, -0.2) is 4.79 Å². The van der Waals surface area contributed by atoms with Crippen LogP contribution in [-0.2, 0) is 33.8 Å². The third-order valence-corrected chi connectivity index (χ3v) is 4.56. The monoisotopic (exact) mass is 382 g/mol. The summed E-state index contributed by atoms with van der Waals surface area (Å²) in [7, 11) is 0. The second-order valence-electron chi connectivity index (χ2n) is 6.90. The number of ether oxygens (including phenoxy) is 2. The number of nitrogens with one attached hydrogen (secondary N) is 1. The third-order valence-electron chi connectivity index (χ3n) is 4.56. The fourth-order valence-corrected chi connectivity index (χ4v) is 3.33. The van der Waals surface area contributed by atoms with Gasteiger partial charge in [0.25, 0.3) is 0 Å². The van der Waals surface area contributed by atoms with Crippen molar-refractivity contribution in [3.05, 3.63) is 65.2 Å². The molecule has 3 rings (SSSR count). The lowest BCUT2D eigenvalue weighted by atomic mass is 10.0. The summed E-state index contributed by atoms with van der Waals surface area (Å²) in [5.41, 5.74) is 3.26. The summed E-state index contributed by atoms with van der Waals surface area (Å²) in [4.78, 5) is 25.8. The predicted molar refractivity (Wildman–Crippen MR) is 106 cm³/mol. The molecule has 0 aromatic heterocycles. The molecule has 0 radical (unpaired) electrons. The van der Waals surface area contributed by atoms with Crippen LogP contribution in [-0.4, -0.2) is 36.2 Å². The number of hydrogen-bond acceptors (Lipinski definition) is 5. The average molecular weight is 382 g/mol. The van der Waals surface area contributed by atoms with E-state index >= 15 is 0 Å². The van der Waals surface area contributed by atoms with Crippen LogP contribution in [0.2, 0.25) is 0 Å². The Bertz CT molecular complexity index is 823. The van der Waals surface area contributed by atoms with E-state index in [2.05, 4.69) is 22.3 Å². The molecule has 2 aromatic carbocycles. The van der Waals surface area contributed by atoms with Gasteiger partial charge in [0, 0.05) is 32.0 Å². The van der Waals surface area contributed by atoms with E-state index in [9.17, 15) is 9.59 Å². The van der Waals surface area contributed by atoms with Gasteiger partial charge in [-0.3, -0.25) is 9.69 Å². The molecule has 0 fully saturated rings. The van der Waals surface area contributed by atoms with E-state index in [4.69, 9.17) is 9.47 Å². The fraction of sp³-hybridized carbons (Fsp3) is 0.364. The number of rotatable bonds is 7. The largest absolute Gasteiger partial charge is 0.478 e. The molecule has 0 aliphatic carbocycles. The first-order chi connectivity index (χ1) is 13.5.